The molecular formula is C49H35NO. The van der Waals surface area contributed by atoms with Gasteiger partial charge in [0.25, 0.3) is 0 Å². The van der Waals surface area contributed by atoms with Gasteiger partial charge in [-0.3, -0.25) is 0 Å². The van der Waals surface area contributed by atoms with Crippen LogP contribution in [0.25, 0.3) is 66.1 Å². The number of anilines is 3. The first kappa shape index (κ1) is 29.5. The van der Waals surface area contributed by atoms with E-state index in [1.807, 2.05) is 6.07 Å². The first-order valence-electron chi connectivity index (χ1n) is 17.7. The Morgan fingerprint density at radius 3 is 1.88 bits per heavy atom. The summed E-state index contributed by atoms with van der Waals surface area (Å²) in [5.41, 5.74) is 15.3. The SMILES string of the molecule is CC1(C)c2ccccc2-c2ccc(N(c3ccc(-c4cc5c6ccccc6oc5c5ccccc45)cc3)c3cccc(-c4ccccc4)c3)cc21. The molecule has 0 saturated heterocycles. The molecule has 0 amide bonds. The number of para-hydroxylation sites is 1. The number of hydrogen-bond donors (Lipinski definition) is 0. The van der Waals surface area contributed by atoms with Crippen molar-refractivity contribution in [1.29, 1.82) is 0 Å². The average Bonchev–Trinajstić information content (AvgIpc) is 3.67. The highest BCUT2D eigenvalue weighted by Crippen LogP contribution is 2.51. The molecule has 51 heavy (non-hydrogen) atoms. The van der Waals surface area contributed by atoms with Gasteiger partial charge in [0.15, 0.2) is 0 Å². The topological polar surface area (TPSA) is 16.4 Å². The van der Waals surface area contributed by atoms with Crippen LogP contribution in [0.5, 0.6) is 0 Å². The lowest BCUT2D eigenvalue weighted by Crippen LogP contribution is -2.16. The second-order valence-corrected chi connectivity index (χ2v) is 14.1. The Kier molecular flexibility index (Phi) is 6.56. The van der Waals surface area contributed by atoms with Crippen molar-refractivity contribution in [2.45, 2.75) is 19.3 Å². The largest absolute Gasteiger partial charge is 0.455 e. The van der Waals surface area contributed by atoms with Crippen LogP contribution in [0.15, 0.2) is 180 Å². The molecule has 2 heteroatoms. The van der Waals surface area contributed by atoms with Gasteiger partial charge in [-0.1, -0.05) is 141 Å². The zero-order valence-electron chi connectivity index (χ0n) is 28.6. The molecular weight excluding hydrogens is 619 g/mol. The number of nitrogens with zero attached hydrogens (tertiary/aromatic N) is 1. The maximum absolute atomic E-state index is 6.41. The maximum Gasteiger partial charge on any atom is 0.143 e. The van der Waals surface area contributed by atoms with Gasteiger partial charge in [-0.05, 0) is 98.4 Å². The fourth-order valence-corrected chi connectivity index (χ4v) is 8.31. The van der Waals surface area contributed by atoms with Crippen LogP contribution < -0.4 is 4.90 Å². The van der Waals surface area contributed by atoms with Crippen molar-refractivity contribution in [3.63, 3.8) is 0 Å². The summed E-state index contributed by atoms with van der Waals surface area (Å²) in [5.74, 6) is 0. The van der Waals surface area contributed by atoms with E-state index in [-0.39, 0.29) is 5.41 Å². The Bertz CT molecular complexity index is 2770. The Morgan fingerprint density at radius 1 is 0.392 bits per heavy atom. The standard InChI is InChI=1S/C49H35NO/c1-49(2)45-21-10-8-18-39(45)40-28-27-37(30-46(40)49)50(36-16-12-15-34(29-36)32-13-4-3-5-14-32)35-25-23-33(24-26-35)43-31-44-41-19-9-11-22-47(41)51-48(44)42-20-7-6-17-38(42)43/h3-31H,1-2H3. The van der Waals surface area contributed by atoms with E-state index in [0.717, 1.165) is 44.4 Å². The summed E-state index contributed by atoms with van der Waals surface area (Å²) in [4.78, 5) is 2.40. The molecule has 0 aliphatic heterocycles. The van der Waals surface area contributed by atoms with E-state index in [4.69, 9.17) is 4.42 Å². The molecule has 0 spiro atoms. The van der Waals surface area contributed by atoms with Crippen LogP contribution in [0.3, 0.4) is 0 Å². The lowest BCUT2D eigenvalue weighted by Gasteiger charge is -2.28. The Labute approximate surface area is 297 Å². The first-order chi connectivity index (χ1) is 25.0. The number of fused-ring (bicyclic) bond motifs is 8. The van der Waals surface area contributed by atoms with Gasteiger partial charge < -0.3 is 9.32 Å². The minimum Gasteiger partial charge on any atom is -0.455 e. The van der Waals surface area contributed by atoms with E-state index >= 15 is 0 Å². The molecule has 1 heterocycles. The molecule has 0 fully saturated rings. The van der Waals surface area contributed by atoms with Crippen molar-refractivity contribution in [1.82, 2.24) is 0 Å². The lowest BCUT2D eigenvalue weighted by atomic mass is 9.82. The Balaban J connectivity index is 1.14. The van der Waals surface area contributed by atoms with Crippen LogP contribution in [0.2, 0.25) is 0 Å². The summed E-state index contributed by atoms with van der Waals surface area (Å²) in [6.45, 7) is 4.70. The maximum atomic E-state index is 6.41. The van der Waals surface area contributed by atoms with Crippen molar-refractivity contribution < 1.29 is 4.42 Å². The van der Waals surface area contributed by atoms with Crippen LogP contribution in [0, 0.1) is 0 Å². The zero-order valence-corrected chi connectivity index (χ0v) is 28.6. The van der Waals surface area contributed by atoms with Crippen molar-refractivity contribution >= 4 is 49.8 Å². The highest BCUT2D eigenvalue weighted by molar-refractivity contribution is 6.19. The second kappa shape index (κ2) is 11.3. The van der Waals surface area contributed by atoms with Gasteiger partial charge in [0.2, 0.25) is 0 Å². The molecule has 0 saturated carbocycles. The summed E-state index contributed by atoms with van der Waals surface area (Å²) < 4.78 is 6.41. The predicted octanol–water partition coefficient (Wildman–Crippen LogP) is 13.8. The average molecular weight is 654 g/mol. The molecule has 0 bridgehead atoms. The zero-order chi connectivity index (χ0) is 34.1. The number of rotatable bonds is 5. The molecule has 1 aliphatic rings. The quantitative estimate of drug-likeness (QED) is 0.184. The smallest absolute Gasteiger partial charge is 0.143 e. The third kappa shape index (κ3) is 4.64. The molecule has 2 nitrogen and oxygen atoms in total. The molecule has 8 aromatic carbocycles. The number of furan rings is 1. The minimum absolute atomic E-state index is 0.0969. The summed E-state index contributed by atoms with van der Waals surface area (Å²) in [6.07, 6.45) is 0. The normalized spacial score (nSPS) is 13.1. The monoisotopic (exact) mass is 653 g/mol. The second-order valence-electron chi connectivity index (χ2n) is 14.1. The predicted molar refractivity (Wildman–Crippen MR) is 214 cm³/mol. The van der Waals surface area contributed by atoms with Crippen LogP contribution in [0.4, 0.5) is 17.1 Å². The first-order valence-corrected chi connectivity index (χ1v) is 17.7. The van der Waals surface area contributed by atoms with Crippen LogP contribution >= 0.6 is 0 Å². The van der Waals surface area contributed by atoms with Gasteiger partial charge in [-0.25, -0.2) is 0 Å². The molecule has 1 aliphatic carbocycles. The fraction of sp³-hybridized carbons (Fsp3) is 0.0612. The third-order valence-corrected chi connectivity index (χ3v) is 10.9. The van der Waals surface area contributed by atoms with Gasteiger partial charge in [0, 0.05) is 38.6 Å². The van der Waals surface area contributed by atoms with Gasteiger partial charge in [0.1, 0.15) is 11.2 Å². The van der Waals surface area contributed by atoms with Gasteiger partial charge in [0.05, 0.1) is 0 Å². The van der Waals surface area contributed by atoms with Crippen LogP contribution in [-0.2, 0) is 5.41 Å². The van der Waals surface area contributed by atoms with Crippen molar-refractivity contribution in [3.05, 3.63) is 187 Å². The number of benzene rings is 8. The molecule has 9 aromatic rings. The van der Waals surface area contributed by atoms with E-state index in [0.29, 0.717) is 0 Å². The van der Waals surface area contributed by atoms with Crippen molar-refractivity contribution in [2.75, 3.05) is 4.90 Å². The third-order valence-electron chi connectivity index (χ3n) is 10.9. The van der Waals surface area contributed by atoms with E-state index in [9.17, 15) is 0 Å². The van der Waals surface area contributed by atoms with Gasteiger partial charge in [-0.2, -0.15) is 0 Å². The van der Waals surface area contributed by atoms with Crippen molar-refractivity contribution in [3.8, 4) is 33.4 Å². The molecule has 0 radical (unpaired) electrons. The Hall–Kier alpha value is -6.38. The molecule has 0 N–H and O–H groups in total. The summed E-state index contributed by atoms with van der Waals surface area (Å²) in [5, 5.41) is 4.60. The minimum atomic E-state index is -0.0969. The van der Waals surface area contributed by atoms with Gasteiger partial charge >= 0.3 is 0 Å². The summed E-state index contributed by atoms with van der Waals surface area (Å²) in [7, 11) is 0. The summed E-state index contributed by atoms with van der Waals surface area (Å²) in [6, 6.07) is 63.7. The molecule has 0 unspecified atom stereocenters. The van der Waals surface area contributed by atoms with E-state index in [1.165, 1.54) is 49.9 Å². The van der Waals surface area contributed by atoms with E-state index in [1.54, 1.807) is 0 Å². The Morgan fingerprint density at radius 2 is 1.04 bits per heavy atom. The van der Waals surface area contributed by atoms with Crippen LogP contribution in [0.1, 0.15) is 25.0 Å². The highest BCUT2D eigenvalue weighted by atomic mass is 16.3. The lowest BCUT2D eigenvalue weighted by molar-refractivity contribution is 0.660. The fourth-order valence-electron chi connectivity index (χ4n) is 8.31. The molecule has 10 rings (SSSR count). The molecule has 1 aromatic heterocycles. The number of hydrogen-bond acceptors (Lipinski definition) is 2. The van der Waals surface area contributed by atoms with Gasteiger partial charge in [-0.15, -0.1) is 0 Å². The highest BCUT2D eigenvalue weighted by Gasteiger charge is 2.35. The van der Waals surface area contributed by atoms with Crippen molar-refractivity contribution in [2.24, 2.45) is 0 Å². The van der Waals surface area contributed by atoms with Crippen LogP contribution in [-0.4, -0.2) is 0 Å². The molecule has 242 valence electrons. The molecule has 0 atom stereocenters. The van der Waals surface area contributed by atoms with E-state index in [2.05, 4.69) is 189 Å². The van der Waals surface area contributed by atoms with E-state index < -0.39 is 0 Å². The summed E-state index contributed by atoms with van der Waals surface area (Å²) >= 11 is 0.